The van der Waals surface area contributed by atoms with Crippen LogP contribution in [0.2, 0.25) is 5.02 Å². The van der Waals surface area contributed by atoms with E-state index in [1.54, 1.807) is 0 Å². The minimum Gasteiger partial charge on any atom is -0.492 e. The standard InChI is InChI=1S/C15H13ClFN3O4/c1-4-7-12(18)19-13(20-14(7)24-15(21)23-3)8-5-6-9(16)11(22-2)10(8)17/h4-6H,1H2,2-3H3,(H2,18,19,20). The lowest BCUT2D eigenvalue weighted by Crippen LogP contribution is -2.12. The third-order valence-electron chi connectivity index (χ3n) is 2.99. The number of anilines is 1. The quantitative estimate of drug-likeness (QED) is 0.842. The van der Waals surface area contributed by atoms with Gasteiger partial charge < -0.3 is 19.9 Å². The van der Waals surface area contributed by atoms with Gasteiger partial charge in [0.25, 0.3) is 0 Å². The van der Waals surface area contributed by atoms with Crippen molar-refractivity contribution >= 4 is 29.7 Å². The number of carbonyl (C=O) groups excluding carboxylic acids is 1. The molecule has 0 amide bonds. The Labute approximate surface area is 141 Å². The molecule has 0 fully saturated rings. The third-order valence-corrected chi connectivity index (χ3v) is 3.28. The van der Waals surface area contributed by atoms with E-state index in [0.29, 0.717) is 0 Å². The van der Waals surface area contributed by atoms with Gasteiger partial charge in [0, 0.05) is 0 Å². The molecule has 126 valence electrons. The third kappa shape index (κ3) is 3.23. The smallest absolute Gasteiger partial charge is 0.492 e. The first kappa shape index (κ1) is 17.5. The Morgan fingerprint density at radius 1 is 1.38 bits per heavy atom. The Hall–Kier alpha value is -2.87. The van der Waals surface area contributed by atoms with Crippen LogP contribution in [-0.2, 0) is 4.74 Å². The Morgan fingerprint density at radius 3 is 2.67 bits per heavy atom. The maximum atomic E-state index is 14.5. The normalized spacial score (nSPS) is 10.2. The molecule has 1 aromatic carbocycles. The van der Waals surface area contributed by atoms with Crippen LogP contribution in [-0.4, -0.2) is 30.3 Å². The van der Waals surface area contributed by atoms with E-state index in [2.05, 4.69) is 21.3 Å². The van der Waals surface area contributed by atoms with Crippen LogP contribution in [0.3, 0.4) is 0 Å². The predicted molar refractivity (Wildman–Crippen MR) is 86.5 cm³/mol. The van der Waals surface area contributed by atoms with Gasteiger partial charge in [-0.3, -0.25) is 0 Å². The second kappa shape index (κ2) is 7.14. The number of rotatable bonds is 4. The van der Waals surface area contributed by atoms with Crippen molar-refractivity contribution in [2.24, 2.45) is 0 Å². The molecule has 0 atom stereocenters. The minimum absolute atomic E-state index is 0.0340. The molecule has 0 saturated heterocycles. The Morgan fingerprint density at radius 2 is 2.08 bits per heavy atom. The second-order valence-electron chi connectivity index (χ2n) is 4.35. The van der Waals surface area contributed by atoms with E-state index in [1.165, 1.54) is 25.3 Å². The van der Waals surface area contributed by atoms with Crippen LogP contribution in [0.4, 0.5) is 15.0 Å². The molecule has 0 aliphatic rings. The number of nitrogen functional groups attached to an aromatic ring is 1. The summed E-state index contributed by atoms with van der Waals surface area (Å²) in [5.41, 5.74) is 5.94. The summed E-state index contributed by atoms with van der Waals surface area (Å²) in [5.74, 6) is -1.33. The van der Waals surface area contributed by atoms with E-state index >= 15 is 0 Å². The number of methoxy groups -OCH3 is 2. The second-order valence-corrected chi connectivity index (χ2v) is 4.76. The van der Waals surface area contributed by atoms with E-state index in [9.17, 15) is 9.18 Å². The summed E-state index contributed by atoms with van der Waals surface area (Å²) in [6.45, 7) is 3.54. The van der Waals surface area contributed by atoms with Crippen molar-refractivity contribution in [1.82, 2.24) is 9.97 Å². The van der Waals surface area contributed by atoms with Gasteiger partial charge in [-0.2, -0.15) is 4.98 Å². The van der Waals surface area contributed by atoms with Crippen LogP contribution in [0.25, 0.3) is 17.5 Å². The first-order chi connectivity index (χ1) is 11.4. The molecule has 24 heavy (non-hydrogen) atoms. The van der Waals surface area contributed by atoms with E-state index < -0.39 is 12.0 Å². The number of benzene rings is 1. The SMILES string of the molecule is C=Cc1c(N)nc(-c2ccc(Cl)c(OC)c2F)nc1OC(=O)OC. The summed E-state index contributed by atoms with van der Waals surface area (Å²) in [4.78, 5) is 19.3. The molecule has 0 bridgehead atoms. The largest absolute Gasteiger partial charge is 0.514 e. The van der Waals surface area contributed by atoms with Crippen LogP contribution in [0, 0.1) is 5.82 Å². The highest BCUT2D eigenvalue weighted by Gasteiger charge is 2.21. The van der Waals surface area contributed by atoms with Crippen molar-refractivity contribution < 1.29 is 23.4 Å². The average molecular weight is 354 g/mol. The van der Waals surface area contributed by atoms with Crippen LogP contribution in [0.5, 0.6) is 11.6 Å². The molecular weight excluding hydrogens is 341 g/mol. The van der Waals surface area contributed by atoms with Crippen LogP contribution in [0.1, 0.15) is 5.56 Å². The van der Waals surface area contributed by atoms with Crippen molar-refractivity contribution in [3.63, 3.8) is 0 Å². The molecule has 1 heterocycles. The van der Waals surface area contributed by atoms with Gasteiger partial charge in [-0.1, -0.05) is 24.3 Å². The van der Waals surface area contributed by atoms with Gasteiger partial charge in [0.2, 0.25) is 5.88 Å². The van der Waals surface area contributed by atoms with Gasteiger partial charge in [0.05, 0.1) is 30.4 Å². The maximum Gasteiger partial charge on any atom is 0.514 e. The van der Waals surface area contributed by atoms with E-state index in [4.69, 9.17) is 26.8 Å². The van der Waals surface area contributed by atoms with Crippen molar-refractivity contribution in [2.75, 3.05) is 20.0 Å². The number of nitrogens with zero attached hydrogens (tertiary/aromatic N) is 2. The van der Waals surface area contributed by atoms with E-state index in [0.717, 1.165) is 7.11 Å². The summed E-state index contributed by atoms with van der Waals surface area (Å²) in [7, 11) is 2.40. The molecule has 0 unspecified atom stereocenters. The lowest BCUT2D eigenvalue weighted by molar-refractivity contribution is 0.119. The molecule has 2 rings (SSSR count). The highest BCUT2D eigenvalue weighted by Crippen LogP contribution is 2.35. The number of aromatic nitrogens is 2. The topological polar surface area (TPSA) is 96.6 Å². The molecule has 1 aromatic heterocycles. The predicted octanol–water partition coefficient (Wildman–Crippen LogP) is 3.32. The fourth-order valence-corrected chi connectivity index (χ4v) is 2.09. The first-order valence-electron chi connectivity index (χ1n) is 6.51. The number of carbonyl (C=O) groups is 1. The molecule has 0 aliphatic heterocycles. The molecule has 2 N–H and O–H groups in total. The average Bonchev–Trinajstić information content (AvgIpc) is 2.55. The summed E-state index contributed by atoms with van der Waals surface area (Å²) < 4.78 is 28.7. The maximum absolute atomic E-state index is 14.5. The number of nitrogens with two attached hydrogens (primary N) is 1. The van der Waals surface area contributed by atoms with Crippen LogP contribution < -0.4 is 15.2 Å². The monoisotopic (exact) mass is 353 g/mol. The van der Waals surface area contributed by atoms with Crippen LogP contribution in [0.15, 0.2) is 18.7 Å². The molecule has 0 radical (unpaired) electrons. The zero-order valence-corrected chi connectivity index (χ0v) is 13.6. The summed E-state index contributed by atoms with van der Waals surface area (Å²) >= 11 is 5.86. The lowest BCUT2D eigenvalue weighted by Gasteiger charge is -2.12. The summed E-state index contributed by atoms with van der Waals surface area (Å²) in [6.07, 6.45) is 0.284. The molecule has 2 aromatic rings. The van der Waals surface area contributed by atoms with Crippen molar-refractivity contribution in [2.45, 2.75) is 0 Å². The van der Waals surface area contributed by atoms with Gasteiger partial charge >= 0.3 is 6.16 Å². The van der Waals surface area contributed by atoms with Gasteiger partial charge in [0.15, 0.2) is 17.4 Å². The zero-order chi connectivity index (χ0) is 17.9. The summed E-state index contributed by atoms with van der Waals surface area (Å²) in [5, 5.41) is 0.0838. The Bertz CT molecular complexity index is 814. The fraction of sp³-hybridized carbons (Fsp3) is 0.133. The van der Waals surface area contributed by atoms with Crippen molar-refractivity contribution in [1.29, 1.82) is 0 Å². The van der Waals surface area contributed by atoms with E-state index in [1.807, 2.05) is 0 Å². The van der Waals surface area contributed by atoms with Crippen molar-refractivity contribution in [3.05, 3.63) is 35.1 Å². The minimum atomic E-state index is -1.02. The Kier molecular flexibility index (Phi) is 5.20. The number of halogens is 2. The van der Waals surface area contributed by atoms with Gasteiger partial charge in [-0.25, -0.2) is 14.2 Å². The van der Waals surface area contributed by atoms with Gasteiger partial charge in [-0.15, -0.1) is 0 Å². The highest BCUT2D eigenvalue weighted by molar-refractivity contribution is 6.32. The van der Waals surface area contributed by atoms with E-state index in [-0.39, 0.29) is 39.4 Å². The number of hydrogen-bond acceptors (Lipinski definition) is 7. The fourth-order valence-electron chi connectivity index (χ4n) is 1.87. The summed E-state index contributed by atoms with van der Waals surface area (Å²) in [6, 6.07) is 2.77. The molecule has 0 saturated carbocycles. The molecule has 0 aliphatic carbocycles. The number of ether oxygens (including phenoxy) is 3. The molecule has 0 spiro atoms. The first-order valence-corrected chi connectivity index (χ1v) is 6.88. The zero-order valence-electron chi connectivity index (χ0n) is 12.8. The molecule has 7 nitrogen and oxygen atoms in total. The van der Waals surface area contributed by atoms with Crippen LogP contribution >= 0.6 is 11.6 Å². The van der Waals surface area contributed by atoms with Gasteiger partial charge in [-0.05, 0) is 12.1 Å². The highest BCUT2D eigenvalue weighted by atomic mass is 35.5. The lowest BCUT2D eigenvalue weighted by atomic mass is 10.1. The number of hydrogen-bond donors (Lipinski definition) is 1. The molecule has 9 heteroatoms. The van der Waals surface area contributed by atoms with Crippen molar-refractivity contribution in [3.8, 4) is 23.0 Å². The van der Waals surface area contributed by atoms with Gasteiger partial charge in [0.1, 0.15) is 5.82 Å². The Balaban J connectivity index is 2.64. The molecular formula is C15H13ClFN3O4.